The Bertz CT molecular complexity index is 1300. The van der Waals surface area contributed by atoms with E-state index in [2.05, 4.69) is 4.99 Å². The number of hydrogen-bond acceptors (Lipinski definition) is 4. The van der Waals surface area contributed by atoms with E-state index in [1.54, 1.807) is 18.2 Å². The lowest BCUT2D eigenvalue weighted by Gasteiger charge is -2.25. The van der Waals surface area contributed by atoms with Crippen molar-refractivity contribution < 1.29 is 27.9 Å². The van der Waals surface area contributed by atoms with Crippen molar-refractivity contribution >= 4 is 17.8 Å². The zero-order valence-corrected chi connectivity index (χ0v) is 17.4. The van der Waals surface area contributed by atoms with Crippen LogP contribution in [0.25, 0.3) is 11.1 Å². The van der Waals surface area contributed by atoms with Gasteiger partial charge in [-0.25, -0.2) is 23.0 Å². The Hall–Kier alpha value is -4.08. The quantitative estimate of drug-likeness (QED) is 0.595. The average molecular weight is 456 g/mol. The van der Waals surface area contributed by atoms with E-state index in [-0.39, 0.29) is 40.5 Å². The van der Waals surface area contributed by atoms with Crippen molar-refractivity contribution in [1.29, 1.82) is 0 Å². The third-order valence-corrected chi connectivity index (χ3v) is 5.62. The number of aryl methyl sites for hydroxylation is 1. The van der Waals surface area contributed by atoms with E-state index in [4.69, 9.17) is 5.73 Å². The number of aromatic nitrogens is 1. The molecule has 1 unspecified atom stereocenters. The van der Waals surface area contributed by atoms with Crippen molar-refractivity contribution in [3.63, 3.8) is 0 Å². The largest absolute Gasteiger partial charge is 0.477 e. The first-order valence-electron chi connectivity index (χ1n) is 9.88. The first kappa shape index (κ1) is 22.1. The number of aliphatic imine (C=N–C) groups is 1. The molecule has 1 aliphatic heterocycles. The van der Waals surface area contributed by atoms with Crippen LogP contribution in [0, 0.1) is 11.6 Å². The Kier molecular flexibility index (Phi) is 5.44. The minimum atomic E-state index is -1.79. The Labute approximate surface area is 186 Å². The summed E-state index contributed by atoms with van der Waals surface area (Å²) in [6.07, 6.45) is 1.34. The summed E-state index contributed by atoms with van der Waals surface area (Å²) >= 11 is 0. The van der Waals surface area contributed by atoms with Gasteiger partial charge in [0.15, 0.2) is 11.5 Å². The second-order valence-electron chi connectivity index (χ2n) is 7.55. The van der Waals surface area contributed by atoms with E-state index < -0.39 is 35.7 Å². The lowest BCUT2D eigenvalue weighted by Crippen LogP contribution is -2.41. The molecule has 0 saturated heterocycles. The average Bonchev–Trinajstić information content (AvgIpc) is 3.31. The number of carboxylic acid groups (broad SMARTS) is 1. The van der Waals surface area contributed by atoms with Crippen molar-refractivity contribution in [2.75, 3.05) is 13.7 Å². The molecule has 3 aromatic rings. The van der Waals surface area contributed by atoms with Crippen molar-refractivity contribution in [1.82, 2.24) is 9.47 Å². The van der Waals surface area contributed by atoms with Crippen LogP contribution in [-0.4, -0.2) is 46.1 Å². The number of hydrogen-bond donors (Lipinski definition) is 2. The smallest absolute Gasteiger partial charge is 0.352 e. The molecule has 4 rings (SSSR count). The zero-order chi connectivity index (χ0) is 23.9. The Morgan fingerprint density at radius 2 is 1.91 bits per heavy atom. The number of amides is 1. The fourth-order valence-corrected chi connectivity index (χ4v) is 3.98. The van der Waals surface area contributed by atoms with Crippen molar-refractivity contribution in [3.8, 4) is 11.1 Å². The van der Waals surface area contributed by atoms with Gasteiger partial charge in [0.25, 0.3) is 5.91 Å². The van der Waals surface area contributed by atoms with Gasteiger partial charge < -0.3 is 15.4 Å². The van der Waals surface area contributed by atoms with Gasteiger partial charge in [0.2, 0.25) is 0 Å². The third kappa shape index (κ3) is 3.53. The van der Waals surface area contributed by atoms with Crippen LogP contribution in [0.5, 0.6) is 0 Å². The summed E-state index contributed by atoms with van der Waals surface area (Å²) < 4.78 is 42.4. The van der Waals surface area contributed by atoms with Crippen molar-refractivity contribution in [2.45, 2.75) is 12.1 Å². The molecule has 2 heterocycles. The van der Waals surface area contributed by atoms with Gasteiger partial charge in [-0.2, -0.15) is 0 Å². The first-order chi connectivity index (χ1) is 15.7. The molecule has 0 bridgehead atoms. The van der Waals surface area contributed by atoms with E-state index in [0.717, 1.165) is 23.1 Å². The molecule has 170 valence electrons. The highest BCUT2D eigenvalue weighted by molar-refractivity contribution is 6.09. The van der Waals surface area contributed by atoms with E-state index in [1.807, 2.05) is 0 Å². The molecule has 0 aliphatic carbocycles. The summed E-state index contributed by atoms with van der Waals surface area (Å²) in [5.74, 6) is -3.30. The van der Waals surface area contributed by atoms with Crippen LogP contribution >= 0.6 is 0 Å². The molecule has 7 nitrogen and oxygen atoms in total. The SMILES string of the molecule is CN1C(=O)C(c2cccc(-c3cc(F)ccc3F)c2)(c2cc(C(=O)O)n(CCF)c2)N=C1N. The Balaban J connectivity index is 1.97. The lowest BCUT2D eigenvalue weighted by molar-refractivity contribution is -0.129. The summed E-state index contributed by atoms with van der Waals surface area (Å²) in [4.78, 5) is 30.6. The number of benzene rings is 2. The van der Waals surface area contributed by atoms with Gasteiger partial charge in [0.1, 0.15) is 24.0 Å². The number of likely N-dealkylation sites (N-methyl/N-ethyl adjacent to an activating group) is 1. The number of nitrogens with zero attached hydrogens (tertiary/aromatic N) is 3. The summed E-state index contributed by atoms with van der Waals surface area (Å²) in [6.45, 7) is -1.07. The summed E-state index contributed by atoms with van der Waals surface area (Å²) in [6, 6.07) is 10.4. The molecule has 0 spiro atoms. The van der Waals surface area contributed by atoms with Crippen LogP contribution in [0.15, 0.2) is 59.7 Å². The van der Waals surface area contributed by atoms with Gasteiger partial charge in [-0.1, -0.05) is 18.2 Å². The zero-order valence-electron chi connectivity index (χ0n) is 17.4. The van der Waals surface area contributed by atoms with E-state index in [9.17, 15) is 27.9 Å². The summed E-state index contributed by atoms with van der Waals surface area (Å²) in [7, 11) is 1.41. The lowest BCUT2D eigenvalue weighted by atomic mass is 9.83. The first-order valence-corrected chi connectivity index (χ1v) is 9.88. The topological polar surface area (TPSA) is 101 Å². The molecule has 0 radical (unpaired) electrons. The molecule has 1 aliphatic rings. The van der Waals surface area contributed by atoms with E-state index >= 15 is 0 Å². The summed E-state index contributed by atoms with van der Waals surface area (Å²) in [5, 5.41) is 9.55. The van der Waals surface area contributed by atoms with Crippen LogP contribution in [0.3, 0.4) is 0 Å². The van der Waals surface area contributed by atoms with E-state index in [1.165, 1.54) is 29.9 Å². The van der Waals surface area contributed by atoms with Crippen molar-refractivity contribution in [3.05, 3.63) is 83.2 Å². The van der Waals surface area contributed by atoms with Gasteiger partial charge >= 0.3 is 5.97 Å². The predicted octanol–water partition coefficient (Wildman–Crippen LogP) is 3.13. The predicted molar refractivity (Wildman–Crippen MR) is 114 cm³/mol. The number of carbonyl (C=O) groups excluding carboxylic acids is 1. The maximum absolute atomic E-state index is 14.4. The number of carboxylic acids is 1. The third-order valence-electron chi connectivity index (χ3n) is 5.62. The number of aromatic carboxylic acids is 1. The van der Waals surface area contributed by atoms with Gasteiger partial charge in [0.05, 0.1) is 6.54 Å². The fourth-order valence-electron chi connectivity index (χ4n) is 3.98. The highest BCUT2D eigenvalue weighted by Crippen LogP contribution is 2.41. The van der Waals surface area contributed by atoms with Crippen molar-refractivity contribution in [2.24, 2.45) is 10.7 Å². The molecule has 33 heavy (non-hydrogen) atoms. The van der Waals surface area contributed by atoms with Gasteiger partial charge in [-0.3, -0.25) is 9.69 Å². The van der Waals surface area contributed by atoms with Gasteiger partial charge in [-0.15, -0.1) is 0 Å². The van der Waals surface area contributed by atoms with Crippen LogP contribution in [0.4, 0.5) is 13.2 Å². The maximum atomic E-state index is 14.4. The molecule has 3 N–H and O–H groups in total. The molecular formula is C23H19F3N4O3. The highest BCUT2D eigenvalue weighted by atomic mass is 19.1. The molecule has 1 amide bonds. The number of rotatable bonds is 6. The second kappa shape index (κ2) is 8.12. The molecule has 0 fully saturated rings. The van der Waals surface area contributed by atoms with E-state index in [0.29, 0.717) is 0 Å². The molecule has 0 saturated carbocycles. The number of carbonyl (C=O) groups is 2. The standard InChI is InChI=1S/C23H19F3N4O3/c1-29-21(33)23(28-22(29)27,15-10-19(20(31)32)30(12-15)8-7-24)14-4-2-3-13(9-14)17-11-16(25)5-6-18(17)26/h2-6,9-12H,7-8H2,1H3,(H2,27,28)(H,31,32). The van der Waals surface area contributed by atoms with Crippen LogP contribution in [0.1, 0.15) is 21.6 Å². The number of alkyl halides is 1. The van der Waals surface area contributed by atoms with Crippen LogP contribution in [-0.2, 0) is 16.9 Å². The van der Waals surface area contributed by atoms with Crippen LogP contribution < -0.4 is 5.73 Å². The monoisotopic (exact) mass is 456 g/mol. The number of halogens is 3. The molecule has 1 aromatic heterocycles. The fraction of sp³-hybridized carbons (Fsp3) is 0.174. The molecular weight excluding hydrogens is 437 g/mol. The normalized spacial score (nSPS) is 18.0. The minimum Gasteiger partial charge on any atom is -0.477 e. The minimum absolute atomic E-state index is 0.0241. The molecule has 10 heteroatoms. The van der Waals surface area contributed by atoms with Gasteiger partial charge in [0, 0.05) is 24.4 Å². The van der Waals surface area contributed by atoms with Gasteiger partial charge in [-0.05, 0) is 41.5 Å². The maximum Gasteiger partial charge on any atom is 0.352 e. The number of guanidine groups is 1. The molecule has 1 atom stereocenters. The van der Waals surface area contributed by atoms with Crippen LogP contribution in [0.2, 0.25) is 0 Å². The number of nitrogens with two attached hydrogens (primary N) is 1. The summed E-state index contributed by atoms with van der Waals surface area (Å²) in [5.41, 5.74) is 4.59. The Morgan fingerprint density at radius 3 is 2.55 bits per heavy atom. The highest BCUT2D eigenvalue weighted by Gasteiger charge is 2.50. The Morgan fingerprint density at radius 1 is 1.15 bits per heavy atom. The molecule has 2 aromatic carbocycles. The second-order valence-corrected chi connectivity index (χ2v) is 7.55.